The quantitative estimate of drug-likeness (QED) is 0.791. The van der Waals surface area contributed by atoms with Gasteiger partial charge in [0.15, 0.2) is 5.82 Å². The topological polar surface area (TPSA) is 61.1 Å². The van der Waals surface area contributed by atoms with Gasteiger partial charge < -0.3 is 10.1 Å². The first kappa shape index (κ1) is 12.9. The zero-order valence-electron chi connectivity index (χ0n) is 12.0. The van der Waals surface area contributed by atoms with Gasteiger partial charge in [0.25, 0.3) is 0 Å². The average molecular weight is 269 g/mol. The number of imidazole rings is 1. The molecule has 3 heterocycles. The fraction of sp³-hybridized carbons (Fsp3) is 0.333. The number of nitrogens with two attached hydrogens (primary N) is 1. The van der Waals surface area contributed by atoms with Crippen molar-refractivity contribution < 1.29 is 0 Å². The highest BCUT2D eigenvalue weighted by Crippen LogP contribution is 2.19. The molecule has 0 aliphatic carbocycles. The van der Waals surface area contributed by atoms with E-state index in [0.29, 0.717) is 0 Å². The normalized spacial score (nSPS) is 13.0. The summed E-state index contributed by atoms with van der Waals surface area (Å²) < 4.78 is 4.00. The van der Waals surface area contributed by atoms with E-state index in [1.165, 1.54) is 0 Å². The Morgan fingerprint density at radius 3 is 2.75 bits per heavy atom. The van der Waals surface area contributed by atoms with Gasteiger partial charge in [-0.15, -0.1) is 0 Å². The molecule has 1 atom stereocenters. The van der Waals surface area contributed by atoms with Crippen molar-refractivity contribution in [2.75, 3.05) is 0 Å². The van der Waals surface area contributed by atoms with E-state index in [1.54, 1.807) is 0 Å². The highest BCUT2D eigenvalue weighted by Gasteiger charge is 2.17. The summed E-state index contributed by atoms with van der Waals surface area (Å²) in [6, 6.07) is 8.12. The van der Waals surface area contributed by atoms with Crippen LogP contribution in [0, 0.1) is 13.8 Å². The molecule has 0 amide bonds. The molecule has 0 aromatic carbocycles. The summed E-state index contributed by atoms with van der Waals surface area (Å²) in [7, 11) is 0. The second kappa shape index (κ2) is 4.76. The largest absolute Gasteiger partial charge is 0.328 e. The molecule has 0 aliphatic heterocycles. The van der Waals surface area contributed by atoms with Crippen LogP contribution in [0.1, 0.15) is 24.0 Å². The van der Waals surface area contributed by atoms with Crippen LogP contribution in [-0.2, 0) is 6.42 Å². The maximum Gasteiger partial charge on any atom is 0.175 e. The van der Waals surface area contributed by atoms with Crippen LogP contribution in [0.5, 0.6) is 0 Å². The lowest BCUT2D eigenvalue weighted by Gasteiger charge is -2.08. The zero-order valence-corrected chi connectivity index (χ0v) is 12.0. The number of hydrogen-bond acceptors (Lipinski definition) is 3. The lowest BCUT2D eigenvalue weighted by Crippen LogP contribution is -2.20. The van der Waals surface area contributed by atoms with Crippen molar-refractivity contribution in [2.24, 2.45) is 5.73 Å². The Balaban J connectivity index is 2.26. The van der Waals surface area contributed by atoms with E-state index in [-0.39, 0.29) is 6.04 Å². The molecule has 3 aromatic heterocycles. The van der Waals surface area contributed by atoms with Crippen LogP contribution in [0.3, 0.4) is 0 Å². The first-order valence-corrected chi connectivity index (χ1v) is 6.81. The van der Waals surface area contributed by atoms with Gasteiger partial charge in [0, 0.05) is 24.4 Å². The Morgan fingerprint density at radius 2 is 2.10 bits per heavy atom. The van der Waals surface area contributed by atoms with Crippen molar-refractivity contribution in [3.63, 3.8) is 0 Å². The fourth-order valence-electron chi connectivity index (χ4n) is 2.54. The van der Waals surface area contributed by atoms with Gasteiger partial charge in [-0.05, 0) is 39.0 Å². The third-order valence-corrected chi connectivity index (χ3v) is 3.33. The fourth-order valence-corrected chi connectivity index (χ4v) is 2.54. The molecular weight excluding hydrogens is 250 g/mol. The summed E-state index contributed by atoms with van der Waals surface area (Å²) in [6.07, 6.45) is 2.79. The molecule has 20 heavy (non-hydrogen) atoms. The molecule has 3 rings (SSSR count). The minimum Gasteiger partial charge on any atom is -0.328 e. The van der Waals surface area contributed by atoms with Crippen LogP contribution in [0.25, 0.3) is 11.5 Å². The van der Waals surface area contributed by atoms with Gasteiger partial charge in [0.2, 0.25) is 0 Å². The number of aryl methyl sites for hydroxylation is 2. The summed E-state index contributed by atoms with van der Waals surface area (Å²) in [6.45, 7) is 6.04. The third kappa shape index (κ3) is 2.10. The standard InChI is InChI=1S/C15H19N5/c1-10(16)8-13-15(20-12(3)9-11(2)18-20)17-14-6-4-5-7-19(13)14/h4-7,9-10H,8,16H2,1-3H3. The van der Waals surface area contributed by atoms with E-state index >= 15 is 0 Å². The molecule has 2 N–H and O–H groups in total. The van der Waals surface area contributed by atoms with Crippen molar-refractivity contribution in [2.45, 2.75) is 33.2 Å². The molecule has 0 saturated heterocycles. The van der Waals surface area contributed by atoms with Gasteiger partial charge in [0.1, 0.15) is 5.65 Å². The van der Waals surface area contributed by atoms with Crippen LogP contribution in [-0.4, -0.2) is 25.2 Å². The van der Waals surface area contributed by atoms with Crippen LogP contribution < -0.4 is 5.73 Å². The number of rotatable bonds is 3. The molecule has 0 spiro atoms. The summed E-state index contributed by atoms with van der Waals surface area (Å²) in [5.41, 5.74) is 10.1. The monoisotopic (exact) mass is 269 g/mol. The van der Waals surface area contributed by atoms with E-state index < -0.39 is 0 Å². The molecule has 104 valence electrons. The molecule has 0 radical (unpaired) electrons. The molecule has 1 unspecified atom stereocenters. The second-order valence-corrected chi connectivity index (χ2v) is 5.33. The third-order valence-electron chi connectivity index (χ3n) is 3.33. The lowest BCUT2D eigenvalue weighted by molar-refractivity contribution is 0.701. The van der Waals surface area contributed by atoms with Crippen molar-refractivity contribution in [3.8, 4) is 5.82 Å². The van der Waals surface area contributed by atoms with Crippen molar-refractivity contribution in [1.82, 2.24) is 19.2 Å². The van der Waals surface area contributed by atoms with Crippen molar-refractivity contribution in [1.29, 1.82) is 0 Å². The predicted molar refractivity (Wildman–Crippen MR) is 79.1 cm³/mol. The number of aromatic nitrogens is 4. The Hall–Kier alpha value is -2.14. The van der Waals surface area contributed by atoms with Crippen LogP contribution >= 0.6 is 0 Å². The Morgan fingerprint density at radius 1 is 1.30 bits per heavy atom. The van der Waals surface area contributed by atoms with Crippen LogP contribution in [0.4, 0.5) is 0 Å². The van der Waals surface area contributed by atoms with Gasteiger partial charge in [-0.25, -0.2) is 9.67 Å². The van der Waals surface area contributed by atoms with Gasteiger partial charge >= 0.3 is 0 Å². The first-order valence-electron chi connectivity index (χ1n) is 6.81. The van der Waals surface area contributed by atoms with E-state index in [2.05, 4.69) is 15.6 Å². The molecule has 0 bridgehead atoms. The van der Waals surface area contributed by atoms with E-state index in [4.69, 9.17) is 10.7 Å². The van der Waals surface area contributed by atoms with Crippen molar-refractivity contribution >= 4 is 5.65 Å². The lowest BCUT2D eigenvalue weighted by atomic mass is 10.2. The van der Waals surface area contributed by atoms with Crippen molar-refractivity contribution in [3.05, 3.63) is 47.5 Å². The Kier molecular flexibility index (Phi) is 3.06. The molecule has 0 aliphatic rings. The van der Waals surface area contributed by atoms with Gasteiger partial charge in [-0.1, -0.05) is 6.07 Å². The maximum absolute atomic E-state index is 5.99. The first-order chi connectivity index (χ1) is 9.56. The van der Waals surface area contributed by atoms with Gasteiger partial charge in [-0.3, -0.25) is 0 Å². The summed E-state index contributed by atoms with van der Waals surface area (Å²) >= 11 is 0. The summed E-state index contributed by atoms with van der Waals surface area (Å²) in [5.74, 6) is 0.874. The molecule has 3 aromatic rings. The Bertz CT molecular complexity index is 751. The smallest absolute Gasteiger partial charge is 0.175 e. The Labute approximate surface area is 118 Å². The molecule has 0 saturated carbocycles. The van der Waals surface area contributed by atoms with Gasteiger partial charge in [0.05, 0.1) is 11.4 Å². The van der Waals surface area contributed by atoms with E-state index in [0.717, 1.165) is 35.0 Å². The van der Waals surface area contributed by atoms with E-state index in [1.807, 2.05) is 49.8 Å². The minimum absolute atomic E-state index is 0.0748. The number of hydrogen-bond donors (Lipinski definition) is 1. The zero-order chi connectivity index (χ0) is 14.3. The summed E-state index contributed by atoms with van der Waals surface area (Å²) in [5, 5.41) is 4.54. The molecule has 5 nitrogen and oxygen atoms in total. The summed E-state index contributed by atoms with van der Waals surface area (Å²) in [4.78, 5) is 4.72. The highest BCUT2D eigenvalue weighted by molar-refractivity contribution is 5.49. The maximum atomic E-state index is 5.99. The van der Waals surface area contributed by atoms with E-state index in [9.17, 15) is 0 Å². The molecule has 5 heteroatoms. The highest BCUT2D eigenvalue weighted by atomic mass is 15.3. The second-order valence-electron chi connectivity index (χ2n) is 5.33. The SMILES string of the molecule is Cc1cc(C)n(-c2nc3ccccn3c2CC(C)N)n1. The van der Waals surface area contributed by atoms with Gasteiger partial charge in [-0.2, -0.15) is 5.10 Å². The molecular formula is C15H19N5. The van der Waals surface area contributed by atoms with Crippen LogP contribution in [0.2, 0.25) is 0 Å². The van der Waals surface area contributed by atoms with Crippen LogP contribution in [0.15, 0.2) is 30.5 Å². The number of fused-ring (bicyclic) bond motifs is 1. The minimum atomic E-state index is 0.0748. The average Bonchev–Trinajstić information content (AvgIpc) is 2.90. The number of pyridine rings is 1. The predicted octanol–water partition coefficient (Wildman–Crippen LogP) is 2.03. The number of nitrogens with zero attached hydrogens (tertiary/aromatic N) is 4. The molecule has 0 fully saturated rings.